The lowest BCUT2D eigenvalue weighted by atomic mass is 10.0. The van der Waals surface area contributed by atoms with E-state index in [-0.39, 0.29) is 11.9 Å². The molecule has 5 heteroatoms. The van der Waals surface area contributed by atoms with Gasteiger partial charge in [-0.05, 0) is 47.4 Å². The second-order valence-corrected chi connectivity index (χ2v) is 5.27. The average molecular weight is 285 g/mol. The highest BCUT2D eigenvalue weighted by Crippen LogP contribution is 2.24. The van der Waals surface area contributed by atoms with Crippen LogP contribution in [0.25, 0.3) is 0 Å². The molecule has 1 heterocycles. The molecule has 0 aliphatic carbocycles. The SMILES string of the molecule is NNC(CCc1ccsc1)c1ccc(Cl)cc1F. The molecule has 2 rings (SSSR count). The Morgan fingerprint density at radius 2 is 2.22 bits per heavy atom. The molecular weight excluding hydrogens is 271 g/mol. The molecule has 2 nitrogen and oxygen atoms in total. The minimum atomic E-state index is -0.323. The summed E-state index contributed by atoms with van der Waals surface area (Å²) in [5, 5.41) is 4.51. The summed E-state index contributed by atoms with van der Waals surface area (Å²) in [6.07, 6.45) is 1.60. The zero-order chi connectivity index (χ0) is 13.0. The number of benzene rings is 1. The Morgan fingerprint density at radius 3 is 2.83 bits per heavy atom. The van der Waals surface area contributed by atoms with Crippen molar-refractivity contribution in [2.24, 2.45) is 5.84 Å². The zero-order valence-corrected chi connectivity index (χ0v) is 11.3. The van der Waals surface area contributed by atoms with Gasteiger partial charge in [0.1, 0.15) is 5.82 Å². The third kappa shape index (κ3) is 3.29. The van der Waals surface area contributed by atoms with Gasteiger partial charge in [0.15, 0.2) is 0 Å². The van der Waals surface area contributed by atoms with Crippen molar-refractivity contribution >= 4 is 22.9 Å². The van der Waals surface area contributed by atoms with E-state index in [0.717, 1.165) is 12.8 Å². The predicted octanol–water partition coefficient (Wildman–Crippen LogP) is 3.68. The monoisotopic (exact) mass is 284 g/mol. The number of hydrazine groups is 1. The van der Waals surface area contributed by atoms with Gasteiger partial charge in [-0.2, -0.15) is 11.3 Å². The summed E-state index contributed by atoms with van der Waals surface area (Å²) < 4.78 is 13.8. The van der Waals surface area contributed by atoms with Crippen molar-refractivity contribution in [1.82, 2.24) is 5.43 Å². The van der Waals surface area contributed by atoms with Crippen LogP contribution in [0.4, 0.5) is 4.39 Å². The molecule has 1 aromatic carbocycles. The molecule has 3 N–H and O–H groups in total. The molecule has 1 unspecified atom stereocenters. The second kappa shape index (κ2) is 6.29. The molecule has 0 amide bonds. The van der Waals surface area contributed by atoms with Crippen LogP contribution in [0.15, 0.2) is 35.0 Å². The van der Waals surface area contributed by atoms with Gasteiger partial charge in [-0.1, -0.05) is 17.7 Å². The molecular formula is C13H14ClFN2S. The molecule has 0 saturated heterocycles. The zero-order valence-electron chi connectivity index (χ0n) is 9.70. The van der Waals surface area contributed by atoms with Crippen LogP contribution in [0, 0.1) is 5.82 Å². The third-order valence-corrected chi connectivity index (χ3v) is 3.81. The minimum Gasteiger partial charge on any atom is -0.271 e. The van der Waals surface area contributed by atoms with Gasteiger partial charge in [-0.25, -0.2) is 4.39 Å². The molecule has 2 aromatic rings. The Labute approximate surface area is 115 Å². The highest BCUT2D eigenvalue weighted by molar-refractivity contribution is 7.07. The third-order valence-electron chi connectivity index (χ3n) is 2.84. The van der Waals surface area contributed by atoms with Crippen molar-refractivity contribution in [2.75, 3.05) is 0 Å². The van der Waals surface area contributed by atoms with Crippen LogP contribution in [0.3, 0.4) is 0 Å². The van der Waals surface area contributed by atoms with Gasteiger partial charge in [0, 0.05) is 16.6 Å². The van der Waals surface area contributed by atoms with Gasteiger partial charge in [-0.15, -0.1) is 0 Å². The number of nitrogens with one attached hydrogen (secondary N) is 1. The largest absolute Gasteiger partial charge is 0.271 e. The van der Waals surface area contributed by atoms with E-state index in [4.69, 9.17) is 17.4 Å². The summed E-state index contributed by atoms with van der Waals surface area (Å²) in [7, 11) is 0. The number of hydrogen-bond donors (Lipinski definition) is 2. The Bertz CT molecular complexity index is 502. The summed E-state index contributed by atoms with van der Waals surface area (Å²) in [5.74, 6) is 5.18. The van der Waals surface area contributed by atoms with E-state index < -0.39 is 0 Å². The first-order chi connectivity index (χ1) is 8.70. The lowest BCUT2D eigenvalue weighted by Gasteiger charge is -2.16. The number of rotatable bonds is 5. The van der Waals surface area contributed by atoms with E-state index in [1.54, 1.807) is 23.5 Å². The molecule has 1 aromatic heterocycles. The Kier molecular flexibility index (Phi) is 4.72. The van der Waals surface area contributed by atoms with Crippen molar-refractivity contribution < 1.29 is 4.39 Å². The lowest BCUT2D eigenvalue weighted by molar-refractivity contribution is 0.486. The predicted molar refractivity (Wildman–Crippen MR) is 74.1 cm³/mol. The van der Waals surface area contributed by atoms with Crippen molar-refractivity contribution in [2.45, 2.75) is 18.9 Å². The molecule has 0 fully saturated rings. The topological polar surface area (TPSA) is 38.0 Å². The summed E-state index contributed by atoms with van der Waals surface area (Å²) in [6, 6.07) is 6.52. The van der Waals surface area contributed by atoms with E-state index in [1.807, 2.05) is 5.38 Å². The second-order valence-electron chi connectivity index (χ2n) is 4.06. The van der Waals surface area contributed by atoms with Gasteiger partial charge >= 0.3 is 0 Å². The van der Waals surface area contributed by atoms with Crippen molar-refractivity contribution in [3.05, 3.63) is 57.0 Å². The molecule has 0 radical (unpaired) electrons. The first-order valence-corrected chi connectivity index (χ1v) is 6.95. The molecule has 1 atom stereocenters. The van der Waals surface area contributed by atoms with Crippen LogP contribution < -0.4 is 11.3 Å². The fourth-order valence-electron chi connectivity index (χ4n) is 1.86. The first-order valence-electron chi connectivity index (χ1n) is 5.63. The fourth-order valence-corrected chi connectivity index (χ4v) is 2.72. The van der Waals surface area contributed by atoms with Crippen molar-refractivity contribution in [1.29, 1.82) is 0 Å². The summed E-state index contributed by atoms with van der Waals surface area (Å²) in [5.41, 5.74) is 4.46. The molecule has 0 saturated carbocycles. The van der Waals surface area contributed by atoms with Crippen LogP contribution in [0.5, 0.6) is 0 Å². The quantitative estimate of drug-likeness (QED) is 0.649. The van der Waals surface area contributed by atoms with Crippen LogP contribution in [0.2, 0.25) is 5.02 Å². The number of hydrogen-bond acceptors (Lipinski definition) is 3. The summed E-state index contributed by atoms with van der Waals surface area (Å²) in [4.78, 5) is 0. The van der Waals surface area contributed by atoms with E-state index in [0.29, 0.717) is 10.6 Å². The molecule has 0 aliphatic heterocycles. The van der Waals surface area contributed by atoms with Crippen LogP contribution in [0.1, 0.15) is 23.6 Å². The number of halogens is 2. The van der Waals surface area contributed by atoms with E-state index in [9.17, 15) is 4.39 Å². The summed E-state index contributed by atoms with van der Waals surface area (Å²) >= 11 is 7.39. The average Bonchev–Trinajstić information content (AvgIpc) is 2.85. The van der Waals surface area contributed by atoms with Crippen molar-refractivity contribution in [3.63, 3.8) is 0 Å². The van der Waals surface area contributed by atoms with Crippen LogP contribution in [-0.4, -0.2) is 0 Å². The van der Waals surface area contributed by atoms with Gasteiger partial charge in [0.2, 0.25) is 0 Å². The van der Waals surface area contributed by atoms with E-state index in [2.05, 4.69) is 16.9 Å². The highest BCUT2D eigenvalue weighted by atomic mass is 35.5. The smallest absolute Gasteiger partial charge is 0.129 e. The van der Waals surface area contributed by atoms with Gasteiger partial charge in [-0.3, -0.25) is 11.3 Å². The maximum atomic E-state index is 13.8. The molecule has 0 spiro atoms. The Balaban J connectivity index is 2.08. The Hall–Kier alpha value is -0.940. The van der Waals surface area contributed by atoms with E-state index in [1.165, 1.54) is 11.6 Å². The van der Waals surface area contributed by atoms with Gasteiger partial charge in [0.05, 0.1) is 0 Å². The van der Waals surface area contributed by atoms with E-state index >= 15 is 0 Å². The lowest BCUT2D eigenvalue weighted by Crippen LogP contribution is -2.29. The first kappa shape index (κ1) is 13.5. The van der Waals surface area contributed by atoms with Crippen LogP contribution >= 0.6 is 22.9 Å². The normalized spacial score (nSPS) is 12.6. The van der Waals surface area contributed by atoms with Crippen LogP contribution in [-0.2, 0) is 6.42 Å². The number of thiophene rings is 1. The maximum Gasteiger partial charge on any atom is 0.129 e. The van der Waals surface area contributed by atoms with Gasteiger partial charge < -0.3 is 0 Å². The molecule has 18 heavy (non-hydrogen) atoms. The molecule has 0 bridgehead atoms. The summed E-state index contributed by atoms with van der Waals surface area (Å²) in [6.45, 7) is 0. The highest BCUT2D eigenvalue weighted by Gasteiger charge is 2.14. The van der Waals surface area contributed by atoms with Crippen molar-refractivity contribution in [3.8, 4) is 0 Å². The standard InChI is InChI=1S/C13H14ClFN2S/c14-10-2-3-11(12(15)7-10)13(17-16)4-1-9-5-6-18-8-9/h2-3,5-8,13,17H,1,4,16H2. The molecule has 0 aliphatic rings. The number of nitrogens with two attached hydrogens (primary N) is 1. The Morgan fingerprint density at radius 1 is 1.39 bits per heavy atom. The minimum absolute atomic E-state index is 0.206. The van der Waals surface area contributed by atoms with Gasteiger partial charge in [0.25, 0.3) is 0 Å². The number of aryl methyl sites for hydroxylation is 1. The fraction of sp³-hybridized carbons (Fsp3) is 0.231. The molecule has 96 valence electrons. The maximum absolute atomic E-state index is 13.8.